The molecule has 1 aromatic carbocycles. The van der Waals surface area contributed by atoms with Gasteiger partial charge in [-0.25, -0.2) is 4.98 Å². The van der Waals surface area contributed by atoms with E-state index in [4.69, 9.17) is 4.42 Å². The lowest BCUT2D eigenvalue weighted by Gasteiger charge is -2.31. The first-order valence-corrected chi connectivity index (χ1v) is 9.16. The number of carbonyl (C=O) groups is 1. The van der Waals surface area contributed by atoms with E-state index in [9.17, 15) is 9.90 Å². The molecule has 0 unspecified atom stereocenters. The first-order chi connectivity index (χ1) is 12.2. The van der Waals surface area contributed by atoms with Gasteiger partial charge in [0.1, 0.15) is 11.4 Å². The first kappa shape index (κ1) is 15.9. The number of rotatable bonds is 3. The number of aromatic hydroxyl groups is 1. The van der Waals surface area contributed by atoms with Crippen molar-refractivity contribution in [1.29, 1.82) is 0 Å². The summed E-state index contributed by atoms with van der Waals surface area (Å²) in [4.78, 5) is 19.0. The number of phenols is 1. The highest BCUT2D eigenvalue weighted by Crippen LogP contribution is 2.30. The quantitative estimate of drug-likeness (QED) is 0.768. The molecule has 0 atom stereocenters. The summed E-state index contributed by atoms with van der Waals surface area (Å²) in [6.45, 7) is 1.44. The van der Waals surface area contributed by atoms with Crippen LogP contribution in [0.25, 0.3) is 10.8 Å². The minimum Gasteiger partial charge on any atom is -0.508 e. The molecular formula is C19H18N2O3S. The Labute approximate surface area is 149 Å². The van der Waals surface area contributed by atoms with Crippen LogP contribution in [0.4, 0.5) is 0 Å². The Morgan fingerprint density at radius 1 is 1.20 bits per heavy atom. The molecule has 0 bridgehead atoms. The summed E-state index contributed by atoms with van der Waals surface area (Å²) >= 11 is 1.42. The highest BCUT2D eigenvalue weighted by Gasteiger charge is 2.26. The van der Waals surface area contributed by atoms with Gasteiger partial charge >= 0.3 is 0 Å². The number of benzene rings is 1. The van der Waals surface area contributed by atoms with Crippen LogP contribution >= 0.6 is 11.3 Å². The van der Waals surface area contributed by atoms with Crippen molar-refractivity contribution in [2.24, 2.45) is 0 Å². The van der Waals surface area contributed by atoms with Gasteiger partial charge in [0, 0.05) is 18.5 Å². The fraction of sp³-hybridized carbons (Fsp3) is 0.263. The fourth-order valence-electron chi connectivity index (χ4n) is 3.21. The number of piperidine rings is 1. The minimum absolute atomic E-state index is 0.0155. The van der Waals surface area contributed by atoms with Gasteiger partial charge in [-0.2, -0.15) is 0 Å². The Morgan fingerprint density at radius 2 is 1.96 bits per heavy atom. The Kier molecular flexibility index (Phi) is 4.28. The number of hydrogen-bond donors (Lipinski definition) is 1. The second-order valence-electron chi connectivity index (χ2n) is 6.17. The monoisotopic (exact) mass is 354 g/mol. The second-order valence-corrected chi connectivity index (χ2v) is 7.03. The maximum absolute atomic E-state index is 12.7. The zero-order chi connectivity index (χ0) is 17.2. The molecule has 2 aromatic heterocycles. The molecule has 1 saturated heterocycles. The average molecular weight is 354 g/mol. The van der Waals surface area contributed by atoms with Gasteiger partial charge in [0.2, 0.25) is 0 Å². The van der Waals surface area contributed by atoms with Crippen LogP contribution in [0.2, 0.25) is 0 Å². The number of furan rings is 1. The molecule has 1 fully saturated rings. The lowest BCUT2D eigenvalue weighted by atomic mass is 9.89. The Hall–Kier alpha value is -2.60. The van der Waals surface area contributed by atoms with Gasteiger partial charge < -0.3 is 14.4 Å². The van der Waals surface area contributed by atoms with Crippen LogP contribution in [0.15, 0.2) is 52.5 Å². The van der Waals surface area contributed by atoms with Gasteiger partial charge in [-0.05, 0) is 48.6 Å². The molecule has 3 heterocycles. The normalized spacial score (nSPS) is 15.4. The third kappa shape index (κ3) is 3.30. The van der Waals surface area contributed by atoms with E-state index >= 15 is 0 Å². The average Bonchev–Trinajstić information content (AvgIpc) is 3.33. The molecule has 3 aromatic rings. The third-order valence-corrected chi connectivity index (χ3v) is 5.46. The summed E-state index contributed by atoms with van der Waals surface area (Å²) in [5.74, 6) is 1.39. The predicted octanol–water partition coefficient (Wildman–Crippen LogP) is 4.13. The lowest BCUT2D eigenvalue weighted by molar-refractivity contribution is 0.0708. The number of thiazole rings is 1. The molecule has 1 aliphatic heterocycles. The number of aromatic nitrogens is 1. The molecule has 128 valence electrons. The van der Waals surface area contributed by atoms with Crippen molar-refractivity contribution >= 4 is 17.2 Å². The molecule has 1 aliphatic rings. The number of likely N-dealkylation sites (tertiary alicyclic amines) is 1. The van der Waals surface area contributed by atoms with E-state index in [0.29, 0.717) is 17.4 Å². The second kappa shape index (κ2) is 6.72. The number of nitrogens with zero attached hydrogens (tertiary/aromatic N) is 2. The SMILES string of the molecule is O=C(c1csc(-c2ccco2)n1)N1CCC(c2ccc(O)cc2)CC1. The molecule has 4 rings (SSSR count). The van der Waals surface area contributed by atoms with Crippen molar-refractivity contribution in [3.8, 4) is 16.5 Å². The summed E-state index contributed by atoms with van der Waals surface area (Å²) in [5.41, 5.74) is 1.71. The molecule has 1 N–H and O–H groups in total. The highest BCUT2D eigenvalue weighted by atomic mass is 32.1. The third-order valence-electron chi connectivity index (χ3n) is 4.60. The van der Waals surface area contributed by atoms with Crippen molar-refractivity contribution in [1.82, 2.24) is 9.88 Å². The first-order valence-electron chi connectivity index (χ1n) is 8.28. The van der Waals surface area contributed by atoms with Crippen molar-refractivity contribution in [2.75, 3.05) is 13.1 Å². The Balaban J connectivity index is 1.40. The van der Waals surface area contributed by atoms with Gasteiger partial charge in [-0.3, -0.25) is 4.79 Å². The summed E-state index contributed by atoms with van der Waals surface area (Å²) in [6.07, 6.45) is 3.45. The number of carbonyl (C=O) groups excluding carboxylic acids is 1. The molecule has 6 heteroatoms. The van der Waals surface area contributed by atoms with E-state index in [1.165, 1.54) is 16.9 Å². The predicted molar refractivity (Wildman–Crippen MR) is 95.8 cm³/mol. The maximum atomic E-state index is 12.7. The molecule has 5 nitrogen and oxygen atoms in total. The zero-order valence-electron chi connectivity index (χ0n) is 13.6. The largest absolute Gasteiger partial charge is 0.508 e. The van der Waals surface area contributed by atoms with Crippen LogP contribution in [0, 0.1) is 0 Å². The minimum atomic E-state index is -0.0155. The smallest absolute Gasteiger partial charge is 0.273 e. The Morgan fingerprint density at radius 3 is 2.64 bits per heavy atom. The van der Waals surface area contributed by atoms with Gasteiger partial charge in [0.25, 0.3) is 5.91 Å². The van der Waals surface area contributed by atoms with Crippen LogP contribution in [0.3, 0.4) is 0 Å². The van der Waals surface area contributed by atoms with Crippen molar-refractivity contribution in [2.45, 2.75) is 18.8 Å². The molecule has 1 amide bonds. The van der Waals surface area contributed by atoms with E-state index in [1.54, 1.807) is 23.8 Å². The van der Waals surface area contributed by atoms with Crippen LogP contribution in [0.5, 0.6) is 5.75 Å². The lowest BCUT2D eigenvalue weighted by Crippen LogP contribution is -2.38. The van der Waals surface area contributed by atoms with Gasteiger partial charge in [0.15, 0.2) is 10.8 Å². The van der Waals surface area contributed by atoms with E-state index in [0.717, 1.165) is 30.9 Å². The van der Waals surface area contributed by atoms with Gasteiger partial charge in [-0.15, -0.1) is 11.3 Å². The van der Waals surface area contributed by atoms with Crippen molar-refractivity contribution in [3.63, 3.8) is 0 Å². The molecule has 0 aliphatic carbocycles. The highest BCUT2D eigenvalue weighted by molar-refractivity contribution is 7.13. The molecule has 25 heavy (non-hydrogen) atoms. The molecule has 0 saturated carbocycles. The number of hydrogen-bond acceptors (Lipinski definition) is 5. The Bertz CT molecular complexity index is 847. The van der Waals surface area contributed by atoms with Crippen LogP contribution in [-0.2, 0) is 0 Å². The van der Waals surface area contributed by atoms with Crippen LogP contribution in [-0.4, -0.2) is 34.0 Å². The van der Waals surface area contributed by atoms with E-state index in [2.05, 4.69) is 4.98 Å². The van der Waals surface area contributed by atoms with Gasteiger partial charge in [0.05, 0.1) is 6.26 Å². The topological polar surface area (TPSA) is 66.6 Å². The molecular weight excluding hydrogens is 336 g/mol. The van der Waals surface area contributed by atoms with Crippen LogP contribution < -0.4 is 0 Å². The maximum Gasteiger partial charge on any atom is 0.273 e. The zero-order valence-corrected chi connectivity index (χ0v) is 14.4. The molecule has 0 radical (unpaired) electrons. The summed E-state index contributed by atoms with van der Waals surface area (Å²) in [7, 11) is 0. The van der Waals surface area contributed by atoms with E-state index in [1.807, 2.05) is 29.2 Å². The number of phenolic OH excluding ortho intramolecular Hbond substituents is 1. The van der Waals surface area contributed by atoms with Gasteiger partial charge in [-0.1, -0.05) is 12.1 Å². The van der Waals surface area contributed by atoms with E-state index in [-0.39, 0.29) is 11.7 Å². The fourth-order valence-corrected chi connectivity index (χ4v) is 3.97. The summed E-state index contributed by atoms with van der Waals surface area (Å²) < 4.78 is 5.33. The van der Waals surface area contributed by atoms with Crippen molar-refractivity contribution < 1.29 is 14.3 Å². The number of amides is 1. The standard InChI is InChI=1S/C19H18N2O3S/c22-15-5-3-13(4-6-15)14-7-9-21(10-8-14)19(23)16-12-25-18(20-16)17-2-1-11-24-17/h1-6,11-12,14,22H,7-10H2. The molecule has 0 spiro atoms. The van der Waals surface area contributed by atoms with Crippen LogP contribution in [0.1, 0.15) is 34.8 Å². The summed E-state index contributed by atoms with van der Waals surface area (Å²) in [6, 6.07) is 11.0. The summed E-state index contributed by atoms with van der Waals surface area (Å²) in [5, 5.41) is 11.9. The van der Waals surface area contributed by atoms with Crippen molar-refractivity contribution in [3.05, 3.63) is 59.3 Å². The van der Waals surface area contributed by atoms with E-state index < -0.39 is 0 Å².